The normalized spacial score (nSPS) is 10.9. The lowest BCUT2D eigenvalue weighted by atomic mass is 10.1. The van der Waals surface area contributed by atoms with Gasteiger partial charge in [-0.2, -0.15) is 5.26 Å². The summed E-state index contributed by atoms with van der Waals surface area (Å²) in [5.41, 5.74) is 4.01. The van der Waals surface area contributed by atoms with E-state index in [2.05, 4.69) is 21.2 Å². The lowest BCUT2D eigenvalue weighted by Crippen LogP contribution is -2.14. The molecule has 0 aliphatic carbocycles. The second-order valence-corrected chi connectivity index (χ2v) is 8.61. The highest BCUT2D eigenvalue weighted by Crippen LogP contribution is 2.35. The van der Waals surface area contributed by atoms with Gasteiger partial charge in [0.1, 0.15) is 18.2 Å². The molecule has 0 heterocycles. The highest BCUT2D eigenvalue weighted by Gasteiger charge is 2.15. The molecule has 0 aliphatic heterocycles. The zero-order valence-corrected chi connectivity index (χ0v) is 21.0. The Balaban J connectivity index is 1.81. The van der Waals surface area contributed by atoms with Gasteiger partial charge in [0.2, 0.25) is 0 Å². The fourth-order valence-electron chi connectivity index (χ4n) is 3.20. The molecule has 0 saturated carbocycles. The van der Waals surface area contributed by atoms with Crippen LogP contribution in [-0.2, 0) is 11.4 Å². The van der Waals surface area contributed by atoms with Gasteiger partial charge < -0.3 is 19.9 Å². The van der Waals surface area contributed by atoms with Gasteiger partial charge in [0, 0.05) is 10.2 Å². The Morgan fingerprint density at radius 2 is 1.80 bits per heavy atom. The molecular formula is C27H23BrN2O5. The maximum Gasteiger partial charge on any atom is 0.335 e. The SMILES string of the molecule is COc1cc(/C=C(\C#N)C(=O)Nc2cc(C)ccc2C)c(Br)cc1OCc1ccc(C(=O)O)cc1. The molecule has 0 radical (unpaired) electrons. The van der Waals surface area contributed by atoms with E-state index < -0.39 is 11.9 Å². The van der Waals surface area contributed by atoms with E-state index in [-0.39, 0.29) is 17.7 Å². The van der Waals surface area contributed by atoms with E-state index >= 15 is 0 Å². The average Bonchev–Trinajstić information content (AvgIpc) is 2.84. The highest BCUT2D eigenvalue weighted by atomic mass is 79.9. The van der Waals surface area contributed by atoms with Crippen molar-refractivity contribution in [2.75, 3.05) is 12.4 Å². The molecule has 0 spiro atoms. The number of rotatable bonds is 8. The van der Waals surface area contributed by atoms with E-state index in [1.807, 2.05) is 38.1 Å². The average molecular weight is 535 g/mol. The van der Waals surface area contributed by atoms with Gasteiger partial charge in [0.25, 0.3) is 5.91 Å². The molecule has 0 saturated heterocycles. The quantitative estimate of drug-likeness (QED) is 0.275. The van der Waals surface area contributed by atoms with Crippen LogP contribution < -0.4 is 14.8 Å². The van der Waals surface area contributed by atoms with Crippen molar-refractivity contribution in [2.24, 2.45) is 0 Å². The Labute approximate surface area is 211 Å². The zero-order chi connectivity index (χ0) is 25.5. The number of hydrogen-bond donors (Lipinski definition) is 2. The molecule has 3 aromatic rings. The van der Waals surface area contributed by atoms with Crippen LogP contribution in [0.3, 0.4) is 0 Å². The summed E-state index contributed by atoms with van der Waals surface area (Å²) in [7, 11) is 1.49. The van der Waals surface area contributed by atoms with Crippen LogP contribution in [0.25, 0.3) is 6.08 Å². The molecule has 3 aromatic carbocycles. The third kappa shape index (κ3) is 6.49. The Kier molecular flexibility index (Phi) is 8.29. The number of anilines is 1. The van der Waals surface area contributed by atoms with Crippen LogP contribution in [-0.4, -0.2) is 24.1 Å². The predicted octanol–water partition coefficient (Wildman–Crippen LogP) is 5.90. The third-order valence-corrected chi connectivity index (χ3v) is 5.87. The third-order valence-electron chi connectivity index (χ3n) is 5.18. The molecule has 0 bridgehead atoms. The van der Waals surface area contributed by atoms with Crippen molar-refractivity contribution in [1.29, 1.82) is 5.26 Å². The van der Waals surface area contributed by atoms with Crippen LogP contribution in [0.2, 0.25) is 0 Å². The smallest absolute Gasteiger partial charge is 0.335 e. The number of halogens is 1. The Morgan fingerprint density at radius 1 is 1.09 bits per heavy atom. The summed E-state index contributed by atoms with van der Waals surface area (Å²) in [5, 5.41) is 21.4. The van der Waals surface area contributed by atoms with Crippen LogP contribution in [0.15, 0.2) is 64.6 Å². The number of ether oxygens (including phenoxy) is 2. The number of aryl methyl sites for hydroxylation is 2. The molecule has 35 heavy (non-hydrogen) atoms. The van der Waals surface area contributed by atoms with E-state index in [1.165, 1.54) is 25.3 Å². The predicted molar refractivity (Wildman–Crippen MR) is 137 cm³/mol. The van der Waals surface area contributed by atoms with Crippen LogP contribution in [0.4, 0.5) is 5.69 Å². The second-order valence-electron chi connectivity index (χ2n) is 7.76. The van der Waals surface area contributed by atoms with Crippen LogP contribution in [0.1, 0.15) is 32.6 Å². The molecule has 0 aliphatic rings. The standard InChI is InChI=1S/C27H23BrN2O5/c1-16-4-5-17(2)23(10-16)30-26(31)21(14-29)11-20-12-24(34-3)25(13-22(20)28)35-15-18-6-8-19(9-7-18)27(32)33/h4-13H,15H2,1-3H3,(H,30,31)(H,32,33)/b21-11+. The van der Waals surface area contributed by atoms with Crippen molar-refractivity contribution in [2.45, 2.75) is 20.5 Å². The number of methoxy groups -OCH3 is 1. The lowest BCUT2D eigenvalue weighted by molar-refractivity contribution is -0.112. The Hall–Kier alpha value is -4.09. The molecule has 3 rings (SSSR count). The summed E-state index contributed by atoms with van der Waals surface area (Å²) in [6, 6.07) is 17.4. The van der Waals surface area contributed by atoms with Crippen molar-refractivity contribution in [3.63, 3.8) is 0 Å². The Bertz CT molecular complexity index is 1340. The maximum atomic E-state index is 12.8. The molecule has 0 atom stereocenters. The van der Waals surface area contributed by atoms with Crippen molar-refractivity contribution < 1.29 is 24.2 Å². The van der Waals surface area contributed by atoms with E-state index in [9.17, 15) is 14.9 Å². The maximum absolute atomic E-state index is 12.8. The fraction of sp³-hybridized carbons (Fsp3) is 0.148. The first kappa shape index (κ1) is 25.5. The minimum Gasteiger partial charge on any atom is -0.493 e. The first-order chi connectivity index (χ1) is 16.7. The number of nitrogens with one attached hydrogen (secondary N) is 1. The molecule has 0 fully saturated rings. The van der Waals surface area contributed by atoms with Crippen molar-refractivity contribution in [1.82, 2.24) is 0 Å². The second kappa shape index (κ2) is 11.4. The molecule has 2 N–H and O–H groups in total. The van der Waals surface area contributed by atoms with Gasteiger partial charge in [0.15, 0.2) is 11.5 Å². The number of carbonyl (C=O) groups excluding carboxylic acids is 1. The van der Waals surface area contributed by atoms with Crippen molar-refractivity contribution >= 4 is 39.6 Å². The molecular weight excluding hydrogens is 512 g/mol. The lowest BCUT2D eigenvalue weighted by Gasteiger charge is -2.13. The van der Waals surface area contributed by atoms with Gasteiger partial charge in [-0.25, -0.2) is 4.79 Å². The van der Waals surface area contributed by atoms with Gasteiger partial charge in [-0.1, -0.05) is 40.2 Å². The van der Waals surface area contributed by atoms with Crippen LogP contribution in [0, 0.1) is 25.2 Å². The number of hydrogen-bond acceptors (Lipinski definition) is 5. The molecule has 8 heteroatoms. The molecule has 0 aromatic heterocycles. The summed E-state index contributed by atoms with van der Waals surface area (Å²) in [4.78, 5) is 23.8. The Morgan fingerprint density at radius 3 is 2.43 bits per heavy atom. The molecule has 178 valence electrons. The number of aromatic carboxylic acids is 1. The van der Waals surface area contributed by atoms with Crippen molar-refractivity contribution in [3.05, 3.63) is 92.5 Å². The minimum atomic E-state index is -0.994. The number of amides is 1. The number of carbonyl (C=O) groups is 2. The first-order valence-electron chi connectivity index (χ1n) is 10.5. The van der Waals surface area contributed by atoms with Gasteiger partial charge >= 0.3 is 5.97 Å². The molecule has 1 amide bonds. The number of carboxylic acids is 1. The largest absolute Gasteiger partial charge is 0.493 e. The summed E-state index contributed by atoms with van der Waals surface area (Å²) in [5.74, 6) is -0.658. The number of benzene rings is 3. The van der Waals surface area contributed by atoms with Gasteiger partial charge in [-0.15, -0.1) is 0 Å². The van der Waals surface area contributed by atoms with Gasteiger partial charge in [-0.05, 0) is 72.5 Å². The van der Waals surface area contributed by atoms with E-state index in [0.717, 1.165) is 16.7 Å². The van der Waals surface area contributed by atoms with Crippen LogP contribution >= 0.6 is 15.9 Å². The van der Waals surface area contributed by atoms with E-state index in [4.69, 9.17) is 14.6 Å². The highest BCUT2D eigenvalue weighted by molar-refractivity contribution is 9.10. The first-order valence-corrected chi connectivity index (χ1v) is 11.3. The monoisotopic (exact) mass is 534 g/mol. The van der Waals surface area contributed by atoms with Gasteiger partial charge in [-0.3, -0.25) is 4.79 Å². The van der Waals surface area contributed by atoms with Crippen molar-refractivity contribution in [3.8, 4) is 17.6 Å². The molecule has 0 unspecified atom stereocenters. The van der Waals surface area contributed by atoms with E-state index in [0.29, 0.717) is 27.2 Å². The topological polar surface area (TPSA) is 109 Å². The summed E-state index contributed by atoms with van der Waals surface area (Å²) < 4.78 is 11.9. The zero-order valence-electron chi connectivity index (χ0n) is 19.4. The van der Waals surface area contributed by atoms with Crippen LogP contribution in [0.5, 0.6) is 11.5 Å². The summed E-state index contributed by atoms with van der Waals surface area (Å²) >= 11 is 3.47. The molecule has 7 nitrogen and oxygen atoms in total. The number of nitriles is 1. The number of carboxylic acid groups (broad SMARTS) is 1. The minimum absolute atomic E-state index is 0.0687. The summed E-state index contributed by atoms with van der Waals surface area (Å²) in [6.07, 6.45) is 1.47. The fourth-order valence-corrected chi connectivity index (χ4v) is 3.64. The van der Waals surface area contributed by atoms with E-state index in [1.54, 1.807) is 24.3 Å². The number of nitrogens with zero attached hydrogens (tertiary/aromatic N) is 1. The van der Waals surface area contributed by atoms with Gasteiger partial charge in [0.05, 0.1) is 12.7 Å². The summed E-state index contributed by atoms with van der Waals surface area (Å²) in [6.45, 7) is 4.00.